The lowest BCUT2D eigenvalue weighted by Crippen LogP contribution is -2.30. The van der Waals surface area contributed by atoms with E-state index in [0.717, 1.165) is 16.4 Å². The first kappa shape index (κ1) is 18.5. The normalized spacial score (nSPS) is 11.6. The standard InChI is InChI=1S/C14H22FN3O3S/c1-18(11-2-4-14(19)17-10-3-9-16)22(20,21)13-7-5-12(15)6-8-13/h5-8H,2-4,9-11,16H2,1H3,(H,17,19). The maximum atomic E-state index is 12.8. The molecule has 0 aliphatic rings. The smallest absolute Gasteiger partial charge is 0.242 e. The van der Waals surface area contributed by atoms with Crippen LogP contribution in [-0.2, 0) is 14.8 Å². The first-order valence-corrected chi connectivity index (χ1v) is 8.50. The zero-order chi connectivity index (χ0) is 16.6. The second-order valence-corrected chi connectivity index (χ2v) is 6.92. The molecule has 0 heterocycles. The van der Waals surface area contributed by atoms with Crippen LogP contribution in [0.3, 0.4) is 0 Å². The highest BCUT2D eigenvalue weighted by atomic mass is 32.2. The van der Waals surface area contributed by atoms with Gasteiger partial charge < -0.3 is 11.1 Å². The van der Waals surface area contributed by atoms with Gasteiger partial charge in [-0.3, -0.25) is 4.79 Å². The fourth-order valence-corrected chi connectivity index (χ4v) is 3.00. The van der Waals surface area contributed by atoms with Gasteiger partial charge in [-0.05, 0) is 43.7 Å². The molecule has 0 spiro atoms. The molecule has 0 unspecified atom stereocenters. The number of rotatable bonds is 9. The minimum absolute atomic E-state index is 0.0313. The lowest BCUT2D eigenvalue weighted by Gasteiger charge is -2.17. The molecule has 1 rings (SSSR count). The summed E-state index contributed by atoms with van der Waals surface area (Å²) in [7, 11) is -2.22. The van der Waals surface area contributed by atoms with Crippen LogP contribution in [0.5, 0.6) is 0 Å². The highest BCUT2D eigenvalue weighted by molar-refractivity contribution is 7.89. The molecule has 0 radical (unpaired) electrons. The van der Waals surface area contributed by atoms with Crippen LogP contribution in [0.1, 0.15) is 19.3 Å². The average Bonchev–Trinajstić information content (AvgIpc) is 2.47. The highest BCUT2D eigenvalue weighted by Crippen LogP contribution is 2.15. The van der Waals surface area contributed by atoms with E-state index in [4.69, 9.17) is 5.73 Å². The van der Waals surface area contributed by atoms with Gasteiger partial charge >= 0.3 is 0 Å². The van der Waals surface area contributed by atoms with Gasteiger partial charge in [0.15, 0.2) is 0 Å². The van der Waals surface area contributed by atoms with E-state index in [-0.39, 0.29) is 23.8 Å². The Kier molecular flexibility index (Phi) is 7.43. The molecule has 0 aliphatic heterocycles. The molecule has 6 nitrogen and oxygen atoms in total. The third-order valence-corrected chi connectivity index (χ3v) is 4.97. The van der Waals surface area contributed by atoms with E-state index in [1.807, 2.05) is 0 Å². The summed E-state index contributed by atoms with van der Waals surface area (Å²) in [6.07, 6.45) is 1.36. The fraction of sp³-hybridized carbons (Fsp3) is 0.500. The maximum absolute atomic E-state index is 12.8. The van der Waals surface area contributed by atoms with E-state index >= 15 is 0 Å². The van der Waals surface area contributed by atoms with Crippen LogP contribution in [-0.4, -0.2) is 45.3 Å². The second-order valence-electron chi connectivity index (χ2n) is 4.88. The molecular formula is C14H22FN3O3S. The molecular weight excluding hydrogens is 309 g/mol. The predicted molar refractivity (Wildman–Crippen MR) is 82.1 cm³/mol. The van der Waals surface area contributed by atoms with Crippen LogP contribution in [0.4, 0.5) is 4.39 Å². The van der Waals surface area contributed by atoms with Crippen molar-refractivity contribution in [3.05, 3.63) is 30.1 Å². The lowest BCUT2D eigenvalue weighted by atomic mass is 10.3. The molecule has 124 valence electrons. The number of carbonyl (C=O) groups is 1. The van der Waals surface area contributed by atoms with E-state index in [2.05, 4.69) is 5.32 Å². The zero-order valence-electron chi connectivity index (χ0n) is 12.6. The van der Waals surface area contributed by atoms with E-state index in [1.165, 1.54) is 19.2 Å². The summed E-state index contributed by atoms with van der Waals surface area (Å²) in [6, 6.07) is 4.65. The number of halogens is 1. The molecule has 3 N–H and O–H groups in total. The van der Waals surface area contributed by atoms with Gasteiger partial charge in [0.1, 0.15) is 5.82 Å². The van der Waals surface area contributed by atoms with Gasteiger partial charge in [0.05, 0.1) is 4.90 Å². The van der Waals surface area contributed by atoms with Gasteiger partial charge in [-0.15, -0.1) is 0 Å². The molecule has 0 aromatic heterocycles. The van der Waals surface area contributed by atoms with Crippen molar-refractivity contribution < 1.29 is 17.6 Å². The van der Waals surface area contributed by atoms with Gasteiger partial charge in [0.2, 0.25) is 15.9 Å². The van der Waals surface area contributed by atoms with Crippen molar-refractivity contribution in [1.29, 1.82) is 0 Å². The topological polar surface area (TPSA) is 92.5 Å². The molecule has 0 saturated heterocycles. The van der Waals surface area contributed by atoms with Crippen molar-refractivity contribution in [1.82, 2.24) is 9.62 Å². The van der Waals surface area contributed by atoms with Crippen molar-refractivity contribution in [3.63, 3.8) is 0 Å². The van der Waals surface area contributed by atoms with Crippen molar-refractivity contribution in [3.8, 4) is 0 Å². The van der Waals surface area contributed by atoms with Crippen LogP contribution in [0.15, 0.2) is 29.2 Å². The second kappa shape index (κ2) is 8.82. The lowest BCUT2D eigenvalue weighted by molar-refractivity contribution is -0.121. The molecule has 1 aromatic rings. The highest BCUT2D eigenvalue weighted by Gasteiger charge is 2.20. The van der Waals surface area contributed by atoms with Crippen LogP contribution >= 0.6 is 0 Å². The van der Waals surface area contributed by atoms with Gasteiger partial charge in [0.25, 0.3) is 0 Å². The van der Waals surface area contributed by atoms with Crippen molar-refractivity contribution in [2.24, 2.45) is 5.73 Å². The Morgan fingerprint density at radius 2 is 1.91 bits per heavy atom. The summed E-state index contributed by atoms with van der Waals surface area (Å²) in [4.78, 5) is 11.5. The summed E-state index contributed by atoms with van der Waals surface area (Å²) < 4.78 is 38.4. The first-order chi connectivity index (χ1) is 10.4. The van der Waals surface area contributed by atoms with Crippen molar-refractivity contribution in [2.75, 3.05) is 26.7 Å². The summed E-state index contributed by atoms with van der Waals surface area (Å²) >= 11 is 0. The Morgan fingerprint density at radius 3 is 2.50 bits per heavy atom. The van der Waals surface area contributed by atoms with Crippen LogP contribution < -0.4 is 11.1 Å². The number of hydrogen-bond acceptors (Lipinski definition) is 4. The van der Waals surface area contributed by atoms with Gasteiger partial charge in [0, 0.05) is 26.6 Å². The van der Waals surface area contributed by atoms with Gasteiger partial charge in [-0.2, -0.15) is 0 Å². The Hall–Kier alpha value is -1.51. The molecule has 8 heteroatoms. The van der Waals surface area contributed by atoms with Gasteiger partial charge in [-0.25, -0.2) is 17.1 Å². The van der Waals surface area contributed by atoms with E-state index in [0.29, 0.717) is 25.9 Å². The fourth-order valence-electron chi connectivity index (χ4n) is 1.79. The SMILES string of the molecule is CN(CCCC(=O)NCCCN)S(=O)(=O)c1ccc(F)cc1. The van der Waals surface area contributed by atoms with Crippen LogP contribution in [0, 0.1) is 5.82 Å². The third-order valence-electron chi connectivity index (χ3n) is 3.10. The van der Waals surface area contributed by atoms with Crippen molar-refractivity contribution in [2.45, 2.75) is 24.2 Å². The number of sulfonamides is 1. The maximum Gasteiger partial charge on any atom is 0.242 e. The Bertz CT molecular complexity index is 576. The molecule has 0 saturated carbocycles. The number of nitrogens with zero attached hydrogens (tertiary/aromatic N) is 1. The number of carbonyl (C=O) groups excluding carboxylic acids is 1. The molecule has 0 aliphatic carbocycles. The van der Waals surface area contributed by atoms with Gasteiger partial charge in [-0.1, -0.05) is 0 Å². The summed E-state index contributed by atoms with van der Waals surface area (Å²) in [5.41, 5.74) is 5.32. The van der Waals surface area contributed by atoms with Crippen LogP contribution in [0.25, 0.3) is 0 Å². The minimum Gasteiger partial charge on any atom is -0.356 e. The Balaban J connectivity index is 2.45. The average molecular weight is 331 g/mol. The molecule has 0 fully saturated rings. The molecule has 22 heavy (non-hydrogen) atoms. The zero-order valence-corrected chi connectivity index (χ0v) is 13.4. The molecule has 1 amide bonds. The monoisotopic (exact) mass is 331 g/mol. The Labute approximate surface area is 130 Å². The largest absolute Gasteiger partial charge is 0.356 e. The quantitative estimate of drug-likeness (QED) is 0.651. The first-order valence-electron chi connectivity index (χ1n) is 7.06. The number of nitrogens with two attached hydrogens (primary N) is 1. The minimum atomic E-state index is -3.66. The van der Waals surface area contributed by atoms with E-state index in [9.17, 15) is 17.6 Å². The molecule has 1 aromatic carbocycles. The molecule has 0 bridgehead atoms. The summed E-state index contributed by atoms with van der Waals surface area (Å²) in [6.45, 7) is 1.25. The van der Waals surface area contributed by atoms with E-state index in [1.54, 1.807) is 0 Å². The summed E-state index contributed by atoms with van der Waals surface area (Å²) in [5, 5.41) is 2.71. The van der Waals surface area contributed by atoms with Crippen LogP contribution in [0.2, 0.25) is 0 Å². The summed E-state index contributed by atoms with van der Waals surface area (Å²) in [5.74, 6) is -0.614. The molecule has 0 atom stereocenters. The number of benzene rings is 1. The number of nitrogens with one attached hydrogen (secondary N) is 1. The Morgan fingerprint density at radius 1 is 1.27 bits per heavy atom. The third kappa shape index (κ3) is 5.70. The number of amides is 1. The van der Waals surface area contributed by atoms with E-state index < -0.39 is 15.8 Å². The number of hydrogen-bond donors (Lipinski definition) is 2. The predicted octanol–water partition coefficient (Wildman–Crippen LogP) is 0.691. The van der Waals surface area contributed by atoms with Crippen molar-refractivity contribution >= 4 is 15.9 Å².